The van der Waals surface area contributed by atoms with Crippen molar-refractivity contribution < 1.29 is 54.8 Å². The predicted octanol–water partition coefficient (Wildman–Crippen LogP) is 9.39. The average Bonchev–Trinajstić information content (AvgIpc) is 3.30. The Morgan fingerprint density at radius 1 is 0.889 bits per heavy atom. The Morgan fingerprint density at radius 3 is 1.85 bits per heavy atom. The van der Waals surface area contributed by atoms with Crippen molar-refractivity contribution in [3.8, 4) is 16.9 Å². The normalized spacial score (nSPS) is 14.0. The van der Waals surface area contributed by atoms with Crippen LogP contribution < -0.4 is 14.5 Å². The molecular weight excluding hydrogens is 754 g/mol. The number of amides is 2. The third-order valence-corrected chi connectivity index (χ3v) is 15.6. The molecule has 1 aromatic heterocycles. The molecule has 16 heteroatoms. The second kappa shape index (κ2) is 15.2. The standard InChI is InChI=1S/C38H52FNO11SSi2/c1-23-16-18-24(19-17-23)52(45,46)51-31-25(28-27(22-47-54(14,15)38(8,9)10)48-33(30(28)39)53(11,12)13)20-21-26(29(31)32(41)42)40(34(43)49-36(2,3)4)35(44)50-37(5,6)7/h16,18,20-21H,22H2,1-15H3,(H,41,42). The molecule has 2 amide bonds. The number of rotatable bonds is 10. The molecule has 54 heavy (non-hydrogen) atoms. The smallest absolute Gasteiger partial charge is 0.424 e. The Labute approximate surface area is 319 Å². The van der Waals surface area contributed by atoms with E-state index in [4.69, 9.17) is 22.5 Å². The first kappa shape index (κ1) is 44.2. The van der Waals surface area contributed by atoms with Crippen LogP contribution in [0, 0.1) is 5.82 Å². The number of aromatic carboxylic acids is 1. The van der Waals surface area contributed by atoms with Crippen LogP contribution in [0.4, 0.5) is 19.7 Å². The van der Waals surface area contributed by atoms with Gasteiger partial charge in [-0.05, 0) is 102 Å². The lowest BCUT2D eigenvalue weighted by Gasteiger charge is -2.36. The molecule has 0 saturated heterocycles. The third-order valence-electron chi connectivity index (χ3n) is 8.32. The molecule has 0 aliphatic heterocycles. The maximum Gasteiger partial charge on any atom is 0.424 e. The summed E-state index contributed by atoms with van der Waals surface area (Å²) in [4.78, 5) is 40.6. The first-order chi connectivity index (χ1) is 24.3. The van der Waals surface area contributed by atoms with Crippen molar-refractivity contribution in [2.24, 2.45) is 0 Å². The highest BCUT2D eigenvalue weighted by Gasteiger charge is 2.42. The van der Waals surface area contributed by atoms with Crippen molar-refractivity contribution in [2.75, 3.05) is 4.90 Å². The fourth-order valence-corrected chi connectivity index (χ4v) is 7.68. The SMILES string of the molecule is CC1=C=C=C(S(=O)(=O)Oc2c(-c3c(CO[Si](C)(C)C(C)(C)C)oc([Si](C)(C)C)c3F)ccc(N(C(=O)OC(C)(C)C)C(=O)OC(C)(C)C)c2C(=O)O)C=C1. The minimum atomic E-state index is -4.93. The molecule has 1 aromatic carbocycles. The Balaban J connectivity index is 2.56. The lowest BCUT2D eigenvalue weighted by molar-refractivity contribution is 0.0430. The number of hydrogen-bond donors (Lipinski definition) is 1. The van der Waals surface area contributed by atoms with E-state index >= 15 is 4.39 Å². The van der Waals surface area contributed by atoms with Gasteiger partial charge in [0.25, 0.3) is 0 Å². The zero-order valence-corrected chi connectivity index (χ0v) is 36.6. The van der Waals surface area contributed by atoms with Crippen molar-refractivity contribution in [1.29, 1.82) is 0 Å². The summed E-state index contributed by atoms with van der Waals surface area (Å²) in [6, 6.07) is 2.20. The van der Waals surface area contributed by atoms with Gasteiger partial charge in [-0.15, -0.1) is 0 Å². The Hall–Kier alpha value is -4.18. The molecule has 1 heterocycles. The number of halogens is 1. The average molecular weight is 806 g/mol. The summed E-state index contributed by atoms with van der Waals surface area (Å²) in [7, 11) is -10.0. The number of carboxylic acids is 1. The third kappa shape index (κ3) is 10.3. The van der Waals surface area contributed by atoms with E-state index in [1.807, 2.05) is 53.5 Å². The maximum absolute atomic E-state index is 16.9. The molecule has 3 rings (SSSR count). The highest BCUT2D eigenvalue weighted by Crippen LogP contribution is 2.45. The molecule has 0 unspecified atom stereocenters. The van der Waals surface area contributed by atoms with Crippen LogP contribution in [0.3, 0.4) is 0 Å². The van der Waals surface area contributed by atoms with Gasteiger partial charge in [0.15, 0.2) is 24.8 Å². The highest BCUT2D eigenvalue weighted by atomic mass is 32.2. The number of imide groups is 1. The zero-order valence-electron chi connectivity index (χ0n) is 33.8. The van der Waals surface area contributed by atoms with Gasteiger partial charge < -0.3 is 27.6 Å². The number of furan rings is 1. The molecule has 0 atom stereocenters. The number of carbonyl (C=O) groups is 3. The summed E-state index contributed by atoms with van der Waals surface area (Å²) in [5.41, 5.74) is 1.01. The maximum atomic E-state index is 16.9. The summed E-state index contributed by atoms with van der Waals surface area (Å²) in [6.07, 6.45) is -0.0530. The lowest BCUT2D eigenvalue weighted by atomic mass is 9.99. The van der Waals surface area contributed by atoms with Gasteiger partial charge in [-0.1, -0.05) is 46.1 Å². The van der Waals surface area contributed by atoms with Gasteiger partial charge in [-0.2, -0.15) is 13.3 Å². The predicted molar refractivity (Wildman–Crippen MR) is 209 cm³/mol. The van der Waals surface area contributed by atoms with E-state index in [1.165, 1.54) is 53.7 Å². The molecule has 1 aliphatic rings. The number of benzene rings is 1. The van der Waals surface area contributed by atoms with E-state index in [0.717, 1.165) is 12.1 Å². The fraction of sp³-hybridized carbons (Fsp3) is 0.500. The molecule has 0 bridgehead atoms. The van der Waals surface area contributed by atoms with Crippen LogP contribution in [0.25, 0.3) is 11.1 Å². The van der Waals surface area contributed by atoms with E-state index in [-0.39, 0.29) is 33.9 Å². The molecule has 1 aliphatic carbocycles. The van der Waals surface area contributed by atoms with Crippen molar-refractivity contribution in [3.05, 3.63) is 63.4 Å². The van der Waals surface area contributed by atoms with Gasteiger partial charge in [-0.25, -0.2) is 18.8 Å². The minimum Gasteiger partial charge on any atom is -0.477 e. The van der Waals surface area contributed by atoms with Crippen LogP contribution in [0.2, 0.25) is 37.8 Å². The number of nitrogens with zero attached hydrogens (tertiary/aromatic N) is 1. The first-order valence-electron chi connectivity index (χ1n) is 17.2. The van der Waals surface area contributed by atoms with Crippen molar-refractivity contribution in [3.63, 3.8) is 0 Å². The molecule has 2 aromatic rings. The van der Waals surface area contributed by atoms with E-state index in [0.29, 0.717) is 10.5 Å². The van der Waals surface area contributed by atoms with Crippen LogP contribution in [-0.4, -0.2) is 59.3 Å². The molecule has 0 spiro atoms. The molecule has 12 nitrogen and oxygen atoms in total. The van der Waals surface area contributed by atoms with Gasteiger partial charge >= 0.3 is 28.3 Å². The van der Waals surface area contributed by atoms with E-state index in [9.17, 15) is 27.9 Å². The number of anilines is 1. The van der Waals surface area contributed by atoms with Crippen LogP contribution in [0.15, 0.2) is 50.6 Å². The molecule has 0 radical (unpaired) electrons. The fourth-order valence-electron chi connectivity index (χ4n) is 4.65. The Kier molecular flexibility index (Phi) is 12.4. The van der Waals surface area contributed by atoms with Gasteiger partial charge in [0.05, 0.1) is 17.9 Å². The van der Waals surface area contributed by atoms with Crippen LogP contribution in [0.5, 0.6) is 5.75 Å². The number of carbonyl (C=O) groups excluding carboxylic acids is 2. The van der Waals surface area contributed by atoms with Crippen molar-refractivity contribution in [2.45, 2.75) is 125 Å². The van der Waals surface area contributed by atoms with E-state index < -0.39 is 83.6 Å². The molecule has 0 saturated carbocycles. The van der Waals surface area contributed by atoms with E-state index in [2.05, 4.69) is 11.5 Å². The molecular formula is C38H52FNO11SSi2. The summed E-state index contributed by atoms with van der Waals surface area (Å²) in [5.74, 6) is -3.64. The topological polar surface area (TPSA) is 159 Å². The number of allylic oxidation sites excluding steroid dienone is 3. The zero-order chi connectivity index (χ0) is 41.6. The summed E-state index contributed by atoms with van der Waals surface area (Å²) in [5, 5.41) is 10.6. The Morgan fingerprint density at radius 2 is 1.43 bits per heavy atom. The van der Waals surface area contributed by atoms with Crippen molar-refractivity contribution in [1.82, 2.24) is 0 Å². The van der Waals surface area contributed by atoms with Gasteiger partial charge in [0.1, 0.15) is 36.0 Å². The van der Waals surface area contributed by atoms with Crippen LogP contribution >= 0.6 is 0 Å². The monoisotopic (exact) mass is 805 g/mol. The minimum absolute atomic E-state index is 0.0201. The quantitative estimate of drug-likeness (QED) is 0.139. The van der Waals surface area contributed by atoms with Gasteiger partial charge in [-0.3, -0.25) is 0 Å². The highest BCUT2D eigenvalue weighted by molar-refractivity contribution is 7.91. The van der Waals surface area contributed by atoms with Crippen molar-refractivity contribution >= 4 is 55.7 Å². The molecule has 1 N–H and O–H groups in total. The van der Waals surface area contributed by atoms with Gasteiger partial charge in [0, 0.05) is 5.56 Å². The van der Waals surface area contributed by atoms with Crippen LogP contribution in [0.1, 0.15) is 85.4 Å². The first-order valence-corrected chi connectivity index (χ1v) is 25.1. The Bertz CT molecular complexity index is 2060. The molecule has 0 fully saturated rings. The molecule has 296 valence electrons. The summed E-state index contributed by atoms with van der Waals surface area (Å²) < 4.78 is 73.9. The largest absolute Gasteiger partial charge is 0.477 e. The summed E-state index contributed by atoms with van der Waals surface area (Å²) >= 11 is 0. The second-order valence-electron chi connectivity index (χ2n) is 17.4. The van der Waals surface area contributed by atoms with Gasteiger partial charge in [0.2, 0.25) is 0 Å². The van der Waals surface area contributed by atoms with Crippen LogP contribution in [-0.2, 0) is 30.6 Å². The number of carboxylic acid groups (broad SMARTS) is 1. The summed E-state index contributed by atoms with van der Waals surface area (Å²) in [6.45, 7) is 26.1. The van der Waals surface area contributed by atoms with E-state index in [1.54, 1.807) is 6.92 Å². The lowest BCUT2D eigenvalue weighted by Crippen LogP contribution is -2.44. The number of hydrogen-bond acceptors (Lipinski definition) is 10. The number of ether oxygens (including phenoxy) is 2. The second-order valence-corrected chi connectivity index (χ2v) is 28.7.